The average molecular weight is 360 g/mol. The molecule has 1 aliphatic rings. The average Bonchev–Trinajstić information content (AvgIpc) is 3.06. The number of aryl methyl sites for hydroxylation is 1. The van der Waals surface area contributed by atoms with Crippen LogP contribution >= 0.6 is 0 Å². The summed E-state index contributed by atoms with van der Waals surface area (Å²) in [7, 11) is 1.86. The van der Waals surface area contributed by atoms with Gasteiger partial charge in [0.05, 0.1) is 16.6 Å². The van der Waals surface area contributed by atoms with Crippen LogP contribution in [0.1, 0.15) is 0 Å². The predicted octanol–water partition coefficient (Wildman–Crippen LogP) is 2.30. The van der Waals surface area contributed by atoms with Crippen molar-refractivity contribution < 1.29 is 5.11 Å². The Labute approximate surface area is 156 Å². The number of hydrogen-bond acceptors (Lipinski definition) is 6. The Morgan fingerprint density at radius 1 is 1.04 bits per heavy atom. The summed E-state index contributed by atoms with van der Waals surface area (Å²) in [6.07, 6.45) is 3.75. The molecule has 4 aromatic rings. The monoisotopic (exact) mass is 360 g/mol. The third kappa shape index (κ3) is 2.86. The Morgan fingerprint density at radius 2 is 1.89 bits per heavy atom. The van der Waals surface area contributed by atoms with Crippen molar-refractivity contribution >= 4 is 27.5 Å². The minimum atomic E-state index is 0.137. The summed E-state index contributed by atoms with van der Waals surface area (Å²) >= 11 is 0. The molecule has 0 aliphatic carbocycles. The van der Waals surface area contributed by atoms with Crippen LogP contribution in [-0.2, 0) is 7.05 Å². The number of fused-ring (bicyclic) bond motifs is 2. The number of nitrogens with one attached hydrogen (secondary N) is 1. The fourth-order valence-corrected chi connectivity index (χ4v) is 3.63. The van der Waals surface area contributed by atoms with Gasteiger partial charge in [-0.1, -0.05) is 0 Å². The van der Waals surface area contributed by atoms with E-state index in [1.807, 2.05) is 31.6 Å². The Bertz CT molecular complexity index is 1150. The van der Waals surface area contributed by atoms with Crippen LogP contribution in [0.4, 0.5) is 5.69 Å². The molecule has 2 aromatic heterocycles. The molecule has 27 heavy (non-hydrogen) atoms. The van der Waals surface area contributed by atoms with Crippen LogP contribution in [0.25, 0.3) is 33.2 Å². The van der Waals surface area contributed by atoms with E-state index in [0.717, 1.165) is 48.0 Å². The molecular weight excluding hydrogens is 340 g/mol. The Balaban J connectivity index is 1.55. The number of hydrogen-bond donors (Lipinski definition) is 2. The molecule has 0 saturated carbocycles. The third-order valence-corrected chi connectivity index (χ3v) is 5.02. The second-order valence-corrected chi connectivity index (χ2v) is 6.90. The summed E-state index contributed by atoms with van der Waals surface area (Å²) < 4.78 is 1.73. The fourth-order valence-electron chi connectivity index (χ4n) is 3.63. The number of piperazine rings is 1. The second-order valence-electron chi connectivity index (χ2n) is 6.90. The number of rotatable bonds is 2. The summed E-state index contributed by atoms with van der Waals surface area (Å²) in [4.78, 5) is 11.6. The summed E-state index contributed by atoms with van der Waals surface area (Å²) in [6.45, 7) is 4.01. The first-order valence-electron chi connectivity index (χ1n) is 9.06. The van der Waals surface area contributed by atoms with Gasteiger partial charge in [0.2, 0.25) is 0 Å². The minimum Gasteiger partial charge on any atom is -0.507 e. The highest BCUT2D eigenvalue weighted by atomic mass is 16.3. The van der Waals surface area contributed by atoms with Crippen LogP contribution in [0.5, 0.6) is 5.75 Å². The van der Waals surface area contributed by atoms with E-state index in [-0.39, 0.29) is 5.75 Å². The maximum absolute atomic E-state index is 10.4. The number of anilines is 1. The number of aromatic nitrogens is 4. The first kappa shape index (κ1) is 16.0. The molecule has 7 heteroatoms. The van der Waals surface area contributed by atoms with Gasteiger partial charge >= 0.3 is 0 Å². The molecule has 3 heterocycles. The number of benzene rings is 2. The second kappa shape index (κ2) is 6.21. The van der Waals surface area contributed by atoms with Crippen molar-refractivity contribution in [1.29, 1.82) is 0 Å². The largest absolute Gasteiger partial charge is 0.507 e. The lowest BCUT2D eigenvalue weighted by Gasteiger charge is -2.29. The third-order valence-electron chi connectivity index (χ3n) is 5.02. The van der Waals surface area contributed by atoms with Gasteiger partial charge in [0.1, 0.15) is 5.75 Å². The van der Waals surface area contributed by atoms with E-state index in [1.165, 1.54) is 5.69 Å². The molecule has 1 fully saturated rings. The van der Waals surface area contributed by atoms with E-state index in [2.05, 4.69) is 37.4 Å². The van der Waals surface area contributed by atoms with E-state index in [1.54, 1.807) is 10.7 Å². The Hall–Kier alpha value is -3.19. The van der Waals surface area contributed by atoms with E-state index in [0.29, 0.717) is 11.4 Å². The highest BCUT2D eigenvalue weighted by molar-refractivity contribution is 5.88. The van der Waals surface area contributed by atoms with Gasteiger partial charge in [0, 0.05) is 68.1 Å². The van der Waals surface area contributed by atoms with Gasteiger partial charge in [-0.15, -0.1) is 0 Å². The van der Waals surface area contributed by atoms with E-state index >= 15 is 0 Å². The molecule has 1 aliphatic heterocycles. The molecule has 7 nitrogen and oxygen atoms in total. The van der Waals surface area contributed by atoms with Crippen molar-refractivity contribution in [3.05, 3.63) is 42.7 Å². The van der Waals surface area contributed by atoms with Crippen LogP contribution in [0.3, 0.4) is 0 Å². The summed E-state index contributed by atoms with van der Waals surface area (Å²) in [5.74, 6) is 0.652. The lowest BCUT2D eigenvalue weighted by atomic mass is 10.1. The molecule has 0 radical (unpaired) electrons. The summed E-state index contributed by atoms with van der Waals surface area (Å²) in [5, 5.41) is 20.1. The zero-order chi connectivity index (χ0) is 18.4. The fraction of sp³-hybridized carbons (Fsp3) is 0.250. The number of nitrogens with zero attached hydrogens (tertiary/aromatic N) is 5. The lowest BCUT2D eigenvalue weighted by Crippen LogP contribution is -2.43. The van der Waals surface area contributed by atoms with Gasteiger partial charge < -0.3 is 15.3 Å². The zero-order valence-corrected chi connectivity index (χ0v) is 15.1. The molecule has 0 atom stereocenters. The topological polar surface area (TPSA) is 79.1 Å². The van der Waals surface area contributed by atoms with E-state index in [9.17, 15) is 5.11 Å². The van der Waals surface area contributed by atoms with Gasteiger partial charge in [0.15, 0.2) is 5.82 Å². The van der Waals surface area contributed by atoms with Gasteiger partial charge in [-0.2, -0.15) is 5.10 Å². The van der Waals surface area contributed by atoms with Crippen LogP contribution in [0.2, 0.25) is 0 Å². The Morgan fingerprint density at radius 3 is 2.74 bits per heavy atom. The molecule has 0 unspecified atom stereocenters. The van der Waals surface area contributed by atoms with Crippen molar-refractivity contribution in [3.63, 3.8) is 0 Å². The number of phenols is 1. The highest BCUT2D eigenvalue weighted by Crippen LogP contribution is 2.32. The van der Waals surface area contributed by atoms with Crippen molar-refractivity contribution in [2.45, 2.75) is 0 Å². The van der Waals surface area contributed by atoms with Crippen LogP contribution in [0, 0.1) is 0 Å². The normalized spacial score (nSPS) is 14.9. The van der Waals surface area contributed by atoms with Crippen molar-refractivity contribution in [2.24, 2.45) is 7.05 Å². The molecule has 0 amide bonds. The SMILES string of the molecule is Cn1cc2cc(-c3ncc4cc(N5CCNCC5)ccc4n3)c(O)cc2n1. The molecule has 5 rings (SSSR count). The smallest absolute Gasteiger partial charge is 0.163 e. The lowest BCUT2D eigenvalue weighted by molar-refractivity contribution is 0.477. The van der Waals surface area contributed by atoms with Crippen molar-refractivity contribution in [2.75, 3.05) is 31.1 Å². The standard InChI is InChI=1S/C20H20N6O/c1-25-12-14-9-16(19(27)10-18(14)24-25)20-22-11-13-8-15(2-3-17(13)23-20)26-6-4-21-5-7-26/h2-3,8-12,21,27H,4-7H2,1H3. The maximum atomic E-state index is 10.4. The first-order valence-corrected chi connectivity index (χ1v) is 9.06. The molecule has 0 spiro atoms. The zero-order valence-electron chi connectivity index (χ0n) is 15.1. The number of phenolic OH excluding ortho intramolecular Hbond substituents is 1. The molecule has 2 aromatic carbocycles. The van der Waals surface area contributed by atoms with Gasteiger partial charge in [-0.25, -0.2) is 9.97 Å². The molecule has 0 bridgehead atoms. The molecule has 2 N–H and O–H groups in total. The van der Waals surface area contributed by atoms with E-state index in [4.69, 9.17) is 0 Å². The highest BCUT2D eigenvalue weighted by Gasteiger charge is 2.14. The molecule has 1 saturated heterocycles. The van der Waals surface area contributed by atoms with Gasteiger partial charge in [0.25, 0.3) is 0 Å². The van der Waals surface area contributed by atoms with Crippen LogP contribution in [0.15, 0.2) is 42.7 Å². The molecule has 136 valence electrons. The maximum Gasteiger partial charge on any atom is 0.163 e. The minimum absolute atomic E-state index is 0.137. The van der Waals surface area contributed by atoms with Crippen LogP contribution < -0.4 is 10.2 Å². The predicted molar refractivity (Wildman–Crippen MR) is 106 cm³/mol. The quantitative estimate of drug-likeness (QED) is 0.571. The summed E-state index contributed by atoms with van der Waals surface area (Å²) in [5.41, 5.74) is 3.42. The van der Waals surface area contributed by atoms with E-state index < -0.39 is 0 Å². The first-order chi connectivity index (χ1) is 13.2. The van der Waals surface area contributed by atoms with Crippen molar-refractivity contribution in [3.8, 4) is 17.1 Å². The van der Waals surface area contributed by atoms with Crippen molar-refractivity contribution in [1.82, 2.24) is 25.1 Å². The van der Waals surface area contributed by atoms with Gasteiger partial charge in [-0.3, -0.25) is 4.68 Å². The summed E-state index contributed by atoms with van der Waals surface area (Å²) in [6, 6.07) is 9.81. The molecular formula is C20H20N6O. The van der Waals surface area contributed by atoms with Crippen LogP contribution in [-0.4, -0.2) is 51.0 Å². The Kier molecular flexibility index (Phi) is 3.68. The van der Waals surface area contributed by atoms with Gasteiger partial charge in [-0.05, 0) is 24.3 Å². The number of aromatic hydroxyl groups is 1.